The Bertz CT molecular complexity index is 399. The Labute approximate surface area is 121 Å². The highest BCUT2D eigenvalue weighted by Gasteiger charge is 2.17. The van der Waals surface area contributed by atoms with Gasteiger partial charge in [0.2, 0.25) is 0 Å². The number of carbonyl (C=O) groups is 1. The van der Waals surface area contributed by atoms with Gasteiger partial charge in [0.05, 0.1) is 0 Å². The van der Waals surface area contributed by atoms with E-state index in [9.17, 15) is 4.79 Å². The molecule has 2 N–H and O–H groups in total. The fourth-order valence-corrected chi connectivity index (χ4v) is 1.76. The van der Waals surface area contributed by atoms with Gasteiger partial charge >= 0.3 is 6.09 Å². The van der Waals surface area contributed by atoms with Gasteiger partial charge in [0.15, 0.2) is 0 Å². The van der Waals surface area contributed by atoms with Crippen molar-refractivity contribution in [1.29, 1.82) is 0 Å². The molecule has 1 amide bonds. The summed E-state index contributed by atoms with van der Waals surface area (Å²) in [6.07, 6.45) is 0.620. The molecule has 0 fully saturated rings. The number of hydrogen-bond donors (Lipinski definition) is 2. The SMILES string of the molecule is CC(CNCCc1ccccc1)NC(=O)OC(C)(C)C. The van der Waals surface area contributed by atoms with Crippen molar-refractivity contribution in [3.63, 3.8) is 0 Å². The third-order valence-electron chi connectivity index (χ3n) is 2.65. The van der Waals surface area contributed by atoms with Crippen molar-refractivity contribution in [3.05, 3.63) is 35.9 Å². The van der Waals surface area contributed by atoms with E-state index >= 15 is 0 Å². The van der Waals surface area contributed by atoms with Crippen LogP contribution in [0.5, 0.6) is 0 Å². The van der Waals surface area contributed by atoms with Crippen molar-refractivity contribution in [1.82, 2.24) is 10.6 Å². The maximum absolute atomic E-state index is 11.6. The Hall–Kier alpha value is -1.55. The highest BCUT2D eigenvalue weighted by atomic mass is 16.6. The van der Waals surface area contributed by atoms with E-state index in [0.717, 1.165) is 19.5 Å². The van der Waals surface area contributed by atoms with Crippen LogP contribution < -0.4 is 10.6 Å². The summed E-state index contributed by atoms with van der Waals surface area (Å²) in [4.78, 5) is 11.6. The molecule has 0 bridgehead atoms. The minimum atomic E-state index is -0.454. The van der Waals surface area contributed by atoms with Gasteiger partial charge in [-0.3, -0.25) is 0 Å². The largest absolute Gasteiger partial charge is 0.444 e. The van der Waals surface area contributed by atoms with Crippen molar-refractivity contribution in [2.24, 2.45) is 0 Å². The van der Waals surface area contributed by atoms with Gasteiger partial charge in [-0.1, -0.05) is 30.3 Å². The summed E-state index contributed by atoms with van der Waals surface area (Å²) in [7, 11) is 0. The van der Waals surface area contributed by atoms with Crippen molar-refractivity contribution >= 4 is 6.09 Å². The molecule has 0 spiro atoms. The Balaban J connectivity index is 2.14. The molecule has 1 aromatic rings. The monoisotopic (exact) mass is 278 g/mol. The van der Waals surface area contributed by atoms with Crippen LogP contribution in [-0.2, 0) is 11.2 Å². The quantitative estimate of drug-likeness (QED) is 0.787. The van der Waals surface area contributed by atoms with Crippen LogP contribution in [0.1, 0.15) is 33.3 Å². The molecule has 0 radical (unpaired) electrons. The maximum Gasteiger partial charge on any atom is 0.407 e. The first-order valence-electron chi connectivity index (χ1n) is 7.11. The zero-order valence-corrected chi connectivity index (χ0v) is 12.9. The molecular formula is C16H26N2O2. The third-order valence-corrected chi connectivity index (χ3v) is 2.65. The molecule has 0 aliphatic carbocycles. The predicted molar refractivity (Wildman–Crippen MR) is 81.8 cm³/mol. The van der Waals surface area contributed by atoms with Crippen LogP contribution in [0.25, 0.3) is 0 Å². The second-order valence-corrected chi connectivity index (χ2v) is 5.99. The molecule has 0 heterocycles. The van der Waals surface area contributed by atoms with Crippen LogP contribution in [-0.4, -0.2) is 30.8 Å². The second-order valence-electron chi connectivity index (χ2n) is 5.99. The molecule has 0 saturated heterocycles. The first-order chi connectivity index (χ1) is 9.37. The minimum absolute atomic E-state index is 0.0422. The summed E-state index contributed by atoms with van der Waals surface area (Å²) in [5.41, 5.74) is 0.859. The lowest BCUT2D eigenvalue weighted by Crippen LogP contribution is -2.42. The first kappa shape index (κ1) is 16.5. The average Bonchev–Trinajstić information content (AvgIpc) is 2.33. The number of nitrogens with one attached hydrogen (secondary N) is 2. The van der Waals surface area contributed by atoms with Crippen LogP contribution in [0.3, 0.4) is 0 Å². The lowest BCUT2D eigenvalue weighted by molar-refractivity contribution is 0.0508. The summed E-state index contributed by atoms with van der Waals surface area (Å²) < 4.78 is 5.21. The zero-order valence-electron chi connectivity index (χ0n) is 12.9. The highest BCUT2D eigenvalue weighted by Crippen LogP contribution is 2.06. The average molecular weight is 278 g/mol. The van der Waals surface area contributed by atoms with E-state index in [2.05, 4.69) is 22.8 Å². The van der Waals surface area contributed by atoms with E-state index in [1.54, 1.807) is 0 Å². The summed E-state index contributed by atoms with van der Waals surface area (Å²) in [5, 5.41) is 6.14. The van der Waals surface area contributed by atoms with E-state index in [1.807, 2.05) is 45.9 Å². The Morgan fingerprint density at radius 2 is 1.90 bits per heavy atom. The smallest absolute Gasteiger partial charge is 0.407 e. The molecular weight excluding hydrogens is 252 g/mol. The van der Waals surface area contributed by atoms with Crippen molar-refractivity contribution in [2.75, 3.05) is 13.1 Å². The van der Waals surface area contributed by atoms with Gasteiger partial charge in [-0.05, 0) is 46.2 Å². The molecule has 1 atom stereocenters. The highest BCUT2D eigenvalue weighted by molar-refractivity contribution is 5.68. The fourth-order valence-electron chi connectivity index (χ4n) is 1.76. The van der Waals surface area contributed by atoms with Gasteiger partial charge in [-0.2, -0.15) is 0 Å². The minimum Gasteiger partial charge on any atom is -0.444 e. The molecule has 1 aromatic carbocycles. The summed E-state index contributed by atoms with van der Waals surface area (Å²) >= 11 is 0. The third kappa shape index (κ3) is 7.79. The second kappa shape index (κ2) is 7.90. The van der Waals surface area contributed by atoms with Gasteiger partial charge in [0.1, 0.15) is 5.60 Å². The molecule has 0 aliphatic rings. The predicted octanol–water partition coefficient (Wildman–Crippen LogP) is 2.73. The normalized spacial score (nSPS) is 12.8. The van der Waals surface area contributed by atoms with Crippen LogP contribution in [0.15, 0.2) is 30.3 Å². The topological polar surface area (TPSA) is 50.4 Å². The van der Waals surface area contributed by atoms with Crippen LogP contribution in [0.4, 0.5) is 4.79 Å². The molecule has 0 saturated carbocycles. The molecule has 1 unspecified atom stereocenters. The number of rotatable bonds is 6. The van der Waals surface area contributed by atoms with Gasteiger partial charge in [-0.15, -0.1) is 0 Å². The van der Waals surface area contributed by atoms with Gasteiger partial charge in [0.25, 0.3) is 0 Å². The zero-order chi connectivity index (χ0) is 15.0. The van der Waals surface area contributed by atoms with E-state index in [0.29, 0.717) is 0 Å². The lowest BCUT2D eigenvalue weighted by Gasteiger charge is -2.22. The van der Waals surface area contributed by atoms with Gasteiger partial charge < -0.3 is 15.4 Å². The van der Waals surface area contributed by atoms with Crippen LogP contribution in [0.2, 0.25) is 0 Å². The number of ether oxygens (including phenoxy) is 1. The van der Waals surface area contributed by atoms with E-state index < -0.39 is 5.60 Å². The Kier molecular flexibility index (Phi) is 6.52. The summed E-state index contributed by atoms with van der Waals surface area (Å²) in [6, 6.07) is 10.4. The number of hydrogen-bond acceptors (Lipinski definition) is 3. The van der Waals surface area contributed by atoms with Crippen LogP contribution >= 0.6 is 0 Å². The van der Waals surface area contributed by atoms with Crippen molar-refractivity contribution in [3.8, 4) is 0 Å². The van der Waals surface area contributed by atoms with Crippen molar-refractivity contribution in [2.45, 2.75) is 45.8 Å². The van der Waals surface area contributed by atoms with E-state index in [1.165, 1.54) is 5.56 Å². The van der Waals surface area contributed by atoms with Crippen molar-refractivity contribution < 1.29 is 9.53 Å². The Morgan fingerprint density at radius 3 is 2.50 bits per heavy atom. The summed E-state index contributed by atoms with van der Waals surface area (Å²) in [5.74, 6) is 0. The number of benzene rings is 1. The lowest BCUT2D eigenvalue weighted by atomic mass is 10.1. The number of carbonyl (C=O) groups excluding carboxylic acids is 1. The molecule has 0 aromatic heterocycles. The maximum atomic E-state index is 11.6. The van der Waals surface area contributed by atoms with Crippen LogP contribution in [0, 0.1) is 0 Å². The summed E-state index contributed by atoms with van der Waals surface area (Å²) in [6.45, 7) is 9.15. The molecule has 4 nitrogen and oxygen atoms in total. The van der Waals surface area contributed by atoms with Gasteiger partial charge in [-0.25, -0.2) is 4.79 Å². The number of alkyl carbamates (subject to hydrolysis) is 1. The molecule has 20 heavy (non-hydrogen) atoms. The van der Waals surface area contributed by atoms with E-state index in [-0.39, 0.29) is 12.1 Å². The molecule has 112 valence electrons. The van der Waals surface area contributed by atoms with E-state index in [4.69, 9.17) is 4.74 Å². The van der Waals surface area contributed by atoms with Gasteiger partial charge in [0, 0.05) is 12.6 Å². The fraction of sp³-hybridized carbons (Fsp3) is 0.562. The Morgan fingerprint density at radius 1 is 1.25 bits per heavy atom. The molecule has 1 rings (SSSR count). The molecule has 4 heteroatoms. The number of amides is 1. The standard InChI is InChI=1S/C16H26N2O2/c1-13(18-15(19)20-16(2,3)4)12-17-11-10-14-8-6-5-7-9-14/h5-9,13,17H,10-12H2,1-4H3,(H,18,19). The molecule has 0 aliphatic heterocycles. The first-order valence-corrected chi connectivity index (χ1v) is 7.11.